The Morgan fingerprint density at radius 2 is 1.60 bits per heavy atom. The second kappa shape index (κ2) is 10.8. The Morgan fingerprint density at radius 1 is 0.886 bits per heavy atom. The van der Waals surface area contributed by atoms with Gasteiger partial charge in [-0.1, -0.05) is 29.3 Å². The van der Waals surface area contributed by atoms with Gasteiger partial charge in [-0.15, -0.1) is 0 Å². The van der Waals surface area contributed by atoms with Gasteiger partial charge in [0.25, 0.3) is 11.8 Å². The van der Waals surface area contributed by atoms with Crippen LogP contribution in [0.2, 0.25) is 10.0 Å². The number of pyridine rings is 1. The monoisotopic (exact) mass is 513 g/mol. The Labute approximate surface area is 211 Å². The Hall–Kier alpha value is -3.49. The molecule has 3 aromatic rings. The van der Waals surface area contributed by atoms with Gasteiger partial charge in [-0.3, -0.25) is 15.0 Å². The first-order valence-electron chi connectivity index (χ1n) is 11.0. The molecule has 0 unspecified atom stereocenters. The maximum Gasteiger partial charge on any atom is 0.258 e. The number of aromatic nitrogens is 1. The molecule has 1 aliphatic rings. The lowest BCUT2D eigenvalue weighted by Gasteiger charge is -2.29. The Bertz CT molecular complexity index is 1280. The van der Waals surface area contributed by atoms with Gasteiger partial charge < -0.3 is 15.5 Å². The predicted molar refractivity (Wildman–Crippen MR) is 135 cm³/mol. The van der Waals surface area contributed by atoms with E-state index in [1.54, 1.807) is 12.1 Å². The lowest BCUT2D eigenvalue weighted by atomic mass is 10.1. The molecule has 1 aromatic heterocycles. The Kier molecular flexibility index (Phi) is 7.63. The number of hydrogen-bond acceptors (Lipinski definition) is 4. The molecule has 2 amide bonds. The number of carbonyl (C=O) groups excluding carboxylic acids is 2. The molecule has 0 aliphatic carbocycles. The van der Waals surface area contributed by atoms with E-state index in [2.05, 4.69) is 15.6 Å². The summed E-state index contributed by atoms with van der Waals surface area (Å²) in [6, 6.07) is 11.5. The van der Waals surface area contributed by atoms with E-state index in [9.17, 15) is 14.0 Å². The maximum absolute atomic E-state index is 14.9. The summed E-state index contributed by atoms with van der Waals surface area (Å²) < 4.78 is 14.9. The summed E-state index contributed by atoms with van der Waals surface area (Å²) in [7, 11) is 0. The number of piperidine rings is 1. The first-order valence-corrected chi connectivity index (χ1v) is 11.7. The maximum atomic E-state index is 14.9. The topological polar surface area (TPSA) is 98.2 Å². The van der Waals surface area contributed by atoms with Crippen LogP contribution < -0.4 is 10.6 Å². The number of amides is 2. The minimum Gasteiger partial charge on any atom is -0.357 e. The molecule has 0 bridgehead atoms. The number of hydrogen-bond donors (Lipinski definition) is 3. The smallest absolute Gasteiger partial charge is 0.258 e. The number of halogens is 3. The third-order valence-electron chi connectivity index (χ3n) is 5.60. The number of likely N-dealkylation sites (tertiary alicyclic amines) is 1. The number of amidine groups is 1. The van der Waals surface area contributed by atoms with E-state index in [0.717, 1.165) is 32.4 Å². The Morgan fingerprint density at radius 3 is 2.29 bits per heavy atom. The van der Waals surface area contributed by atoms with E-state index in [0.29, 0.717) is 10.6 Å². The van der Waals surface area contributed by atoms with Crippen molar-refractivity contribution >= 4 is 52.4 Å². The first-order chi connectivity index (χ1) is 16.8. The molecule has 0 saturated carbocycles. The summed E-state index contributed by atoms with van der Waals surface area (Å²) in [6.45, 7) is 1.52. The van der Waals surface area contributed by atoms with Crippen molar-refractivity contribution in [2.45, 2.75) is 19.3 Å². The molecule has 1 fully saturated rings. The largest absolute Gasteiger partial charge is 0.357 e. The molecule has 10 heteroatoms. The molecule has 2 heterocycles. The van der Waals surface area contributed by atoms with Crippen LogP contribution in [-0.2, 0) is 0 Å². The van der Waals surface area contributed by atoms with Gasteiger partial charge in [-0.05, 0) is 61.7 Å². The molecule has 0 atom stereocenters. The summed E-state index contributed by atoms with van der Waals surface area (Å²) in [5.74, 6) is -1.56. The lowest BCUT2D eigenvalue weighted by Crippen LogP contribution is -2.35. The van der Waals surface area contributed by atoms with E-state index in [-0.39, 0.29) is 33.5 Å². The van der Waals surface area contributed by atoms with Crippen molar-refractivity contribution in [3.8, 4) is 0 Å². The number of rotatable bonds is 5. The molecule has 1 aliphatic heterocycles. The fourth-order valence-electron chi connectivity index (χ4n) is 3.78. The van der Waals surface area contributed by atoms with Gasteiger partial charge in [0.05, 0.1) is 21.8 Å². The molecule has 2 aromatic carbocycles. The molecule has 3 N–H and O–H groups in total. The van der Waals surface area contributed by atoms with Crippen LogP contribution in [0.4, 0.5) is 15.9 Å². The van der Waals surface area contributed by atoms with Gasteiger partial charge in [0.15, 0.2) is 0 Å². The highest BCUT2D eigenvalue weighted by molar-refractivity contribution is 6.31. The average molecular weight is 514 g/mol. The van der Waals surface area contributed by atoms with Crippen LogP contribution in [0.25, 0.3) is 0 Å². The summed E-state index contributed by atoms with van der Waals surface area (Å²) in [4.78, 5) is 31.6. The first kappa shape index (κ1) is 24.6. The second-order valence-corrected chi connectivity index (χ2v) is 8.92. The standard InChI is InChI=1S/C25H22Cl2FN5O2/c26-16-5-8-21(19(13-16)25(35)32-22-9-6-17(27)14-30-22)31-24(34)18-7-4-15(12-20(18)28)23(29)33-10-2-1-3-11-33/h4-9,12-14,29H,1-3,10-11H2,(H,31,34)(H,30,32,35). The molecule has 1 saturated heterocycles. The fraction of sp³-hybridized carbons (Fsp3) is 0.200. The van der Waals surface area contributed by atoms with E-state index in [4.69, 9.17) is 28.6 Å². The number of benzene rings is 2. The van der Waals surface area contributed by atoms with Crippen molar-refractivity contribution < 1.29 is 14.0 Å². The van der Waals surface area contributed by atoms with Crippen LogP contribution in [0, 0.1) is 11.2 Å². The molecule has 0 radical (unpaired) electrons. The number of nitrogens with zero attached hydrogens (tertiary/aromatic N) is 2. The van der Waals surface area contributed by atoms with Crippen LogP contribution in [0.5, 0.6) is 0 Å². The summed E-state index contributed by atoms with van der Waals surface area (Å²) in [5.41, 5.74) is 0.422. The van der Waals surface area contributed by atoms with Gasteiger partial charge in [-0.25, -0.2) is 9.37 Å². The molecule has 7 nitrogen and oxygen atoms in total. The van der Waals surface area contributed by atoms with Gasteiger partial charge in [0, 0.05) is 29.9 Å². The molecule has 0 spiro atoms. The van der Waals surface area contributed by atoms with Crippen LogP contribution in [0.1, 0.15) is 45.5 Å². The summed E-state index contributed by atoms with van der Waals surface area (Å²) >= 11 is 11.9. The van der Waals surface area contributed by atoms with Crippen molar-refractivity contribution in [2.75, 3.05) is 23.7 Å². The zero-order valence-corrected chi connectivity index (χ0v) is 20.1. The van der Waals surface area contributed by atoms with E-state index in [1.807, 2.05) is 4.90 Å². The zero-order valence-electron chi connectivity index (χ0n) is 18.6. The SMILES string of the molecule is N=C(c1ccc(C(=O)Nc2ccc(Cl)cc2C(=O)Nc2ccc(Cl)cn2)c(F)c1)N1CCCCC1. The number of carbonyl (C=O) groups is 2. The molecular formula is C25H22Cl2FN5O2. The van der Waals surface area contributed by atoms with E-state index in [1.165, 1.54) is 42.6 Å². The minimum absolute atomic E-state index is 0.0755. The zero-order chi connectivity index (χ0) is 24.9. The van der Waals surface area contributed by atoms with Crippen molar-refractivity contribution in [1.82, 2.24) is 9.88 Å². The van der Waals surface area contributed by atoms with Crippen LogP contribution in [-0.4, -0.2) is 40.6 Å². The van der Waals surface area contributed by atoms with E-state index >= 15 is 0 Å². The quantitative estimate of drug-likeness (QED) is 0.294. The normalized spacial score (nSPS) is 13.3. The lowest BCUT2D eigenvalue weighted by molar-refractivity contribution is 0.102. The number of anilines is 2. The van der Waals surface area contributed by atoms with Crippen LogP contribution >= 0.6 is 23.2 Å². The molecular weight excluding hydrogens is 492 g/mol. The summed E-state index contributed by atoms with van der Waals surface area (Å²) in [5, 5.41) is 14.2. The number of nitrogens with one attached hydrogen (secondary N) is 3. The highest BCUT2D eigenvalue weighted by Gasteiger charge is 2.20. The van der Waals surface area contributed by atoms with Gasteiger partial charge >= 0.3 is 0 Å². The highest BCUT2D eigenvalue weighted by Crippen LogP contribution is 2.24. The van der Waals surface area contributed by atoms with Crippen LogP contribution in [0.3, 0.4) is 0 Å². The van der Waals surface area contributed by atoms with E-state index < -0.39 is 17.6 Å². The molecule has 180 valence electrons. The average Bonchev–Trinajstić information content (AvgIpc) is 2.86. The van der Waals surface area contributed by atoms with Gasteiger partial charge in [-0.2, -0.15) is 0 Å². The predicted octanol–water partition coefficient (Wildman–Crippen LogP) is 5.84. The highest BCUT2D eigenvalue weighted by atomic mass is 35.5. The van der Waals surface area contributed by atoms with Gasteiger partial charge in [0.2, 0.25) is 0 Å². The van der Waals surface area contributed by atoms with Crippen molar-refractivity contribution in [3.63, 3.8) is 0 Å². The van der Waals surface area contributed by atoms with Crippen molar-refractivity contribution in [2.24, 2.45) is 0 Å². The van der Waals surface area contributed by atoms with Crippen LogP contribution in [0.15, 0.2) is 54.7 Å². The van der Waals surface area contributed by atoms with Crippen molar-refractivity contribution in [3.05, 3.63) is 87.3 Å². The van der Waals surface area contributed by atoms with Gasteiger partial charge in [0.1, 0.15) is 17.5 Å². The molecule has 35 heavy (non-hydrogen) atoms. The van der Waals surface area contributed by atoms with Crippen molar-refractivity contribution in [1.29, 1.82) is 5.41 Å². The third-order valence-corrected chi connectivity index (χ3v) is 6.06. The fourth-order valence-corrected chi connectivity index (χ4v) is 4.07. The second-order valence-electron chi connectivity index (χ2n) is 8.05. The minimum atomic E-state index is -0.757. The summed E-state index contributed by atoms with van der Waals surface area (Å²) in [6.07, 6.45) is 4.50. The third kappa shape index (κ3) is 5.96. The Balaban J connectivity index is 1.52. The molecule has 4 rings (SSSR count).